The zero-order chi connectivity index (χ0) is 33.3. The molecule has 0 amide bonds. The molecule has 0 saturated heterocycles. The molecule has 1 heterocycles. The summed E-state index contributed by atoms with van der Waals surface area (Å²) in [6.45, 7) is 8.66. The third kappa shape index (κ3) is 7.83. The predicted octanol–water partition coefficient (Wildman–Crippen LogP) is 11.4. The maximum atomic E-state index is 4.74. The Hall–Kier alpha value is -5.22. The molecular weight excluding hydrogens is 615 g/mol. The van der Waals surface area contributed by atoms with E-state index >= 15 is 0 Å². The number of benzene rings is 5. The van der Waals surface area contributed by atoms with Crippen LogP contribution >= 0.6 is 11.3 Å². The minimum atomic E-state index is 0.387. The fourth-order valence-corrected chi connectivity index (χ4v) is 6.26. The van der Waals surface area contributed by atoms with Gasteiger partial charge in [-0.3, -0.25) is 10.9 Å². The average molecular weight is 658 g/mol. The van der Waals surface area contributed by atoms with Crippen molar-refractivity contribution in [2.24, 2.45) is 10.2 Å². The van der Waals surface area contributed by atoms with Crippen LogP contribution in [-0.4, -0.2) is 16.2 Å². The summed E-state index contributed by atoms with van der Waals surface area (Å²) in [5, 5.41) is 27.7. The highest BCUT2D eigenvalue weighted by Crippen LogP contribution is 2.36. The smallest absolute Gasteiger partial charge is 0.224 e. The lowest BCUT2D eigenvalue weighted by molar-refractivity contribution is 0.710. The van der Waals surface area contributed by atoms with Crippen LogP contribution in [0.3, 0.4) is 0 Å². The van der Waals surface area contributed by atoms with Gasteiger partial charge < -0.3 is 16.2 Å². The lowest BCUT2D eigenvalue weighted by atomic mass is 10.1. The number of hydrazine groups is 2. The summed E-state index contributed by atoms with van der Waals surface area (Å²) >= 11 is 1.59. The fourth-order valence-electron chi connectivity index (χ4n) is 5.52. The summed E-state index contributed by atoms with van der Waals surface area (Å²) in [6, 6.07) is 31.3. The van der Waals surface area contributed by atoms with Crippen LogP contribution in [-0.2, 0) is 6.42 Å². The standard InChI is InChI=1S/C38H43N9S/c1-5-7-8-17-37-45-47-38(48-37)46-41-32-19-18-27(24-25(32)3)40-42-34-22-23-36(31-16-12-11-15-30(31)34)44-43-35-21-20-33(39-26(4)6-2)28-13-9-10-14-29(28)35/h9-16,18-24,26,39-42H,5-8,17H2,1-4H3,(H,46,47). The quantitative estimate of drug-likeness (QED) is 0.0424. The molecule has 1 unspecified atom stereocenters. The maximum Gasteiger partial charge on any atom is 0.224 e. The second kappa shape index (κ2) is 15.6. The van der Waals surface area contributed by atoms with Gasteiger partial charge in [0.15, 0.2) is 0 Å². The topological polar surface area (TPSA) is 111 Å². The Labute approximate surface area is 286 Å². The number of nitrogens with one attached hydrogen (secondary N) is 5. The van der Waals surface area contributed by atoms with Gasteiger partial charge in [0.1, 0.15) is 5.01 Å². The molecule has 9 nitrogen and oxygen atoms in total. The number of aryl methyl sites for hydroxylation is 2. The van der Waals surface area contributed by atoms with E-state index in [1.807, 2.05) is 48.5 Å². The first-order valence-corrected chi connectivity index (χ1v) is 17.5. The molecule has 6 rings (SSSR count). The first-order chi connectivity index (χ1) is 23.5. The molecule has 6 aromatic rings. The van der Waals surface area contributed by atoms with Gasteiger partial charge in [-0.2, -0.15) is 0 Å². The SMILES string of the molecule is CCCCCc1nnc(NNc2ccc(NNc3ccc(N=Nc4ccc(NC(C)CC)c5ccccc45)c4ccccc34)cc2C)s1. The number of fused-ring (bicyclic) bond motifs is 2. The van der Waals surface area contributed by atoms with Gasteiger partial charge >= 0.3 is 0 Å². The van der Waals surface area contributed by atoms with Gasteiger partial charge in [0, 0.05) is 39.7 Å². The maximum absolute atomic E-state index is 4.74. The van der Waals surface area contributed by atoms with Crippen molar-refractivity contribution in [2.75, 3.05) is 27.0 Å². The van der Waals surface area contributed by atoms with Gasteiger partial charge in [-0.1, -0.05) is 86.6 Å². The lowest BCUT2D eigenvalue weighted by Gasteiger charge is -2.16. The van der Waals surface area contributed by atoms with Crippen molar-refractivity contribution in [3.63, 3.8) is 0 Å². The zero-order valence-corrected chi connectivity index (χ0v) is 28.8. The highest BCUT2D eigenvalue weighted by molar-refractivity contribution is 7.15. The molecule has 0 aliphatic heterocycles. The van der Waals surface area contributed by atoms with Crippen LogP contribution in [0, 0.1) is 6.92 Å². The van der Waals surface area contributed by atoms with Gasteiger partial charge in [-0.15, -0.1) is 20.4 Å². The number of aromatic nitrogens is 2. The lowest BCUT2D eigenvalue weighted by Crippen LogP contribution is -2.13. The Morgan fingerprint density at radius 3 is 1.96 bits per heavy atom. The van der Waals surface area contributed by atoms with Crippen molar-refractivity contribution in [1.82, 2.24) is 10.2 Å². The highest BCUT2D eigenvalue weighted by atomic mass is 32.1. The number of anilines is 5. The molecule has 1 atom stereocenters. The molecule has 0 bridgehead atoms. The van der Waals surface area contributed by atoms with Crippen LogP contribution in [0.25, 0.3) is 21.5 Å². The minimum Gasteiger partial charge on any atom is -0.382 e. The van der Waals surface area contributed by atoms with Crippen LogP contribution in [0.15, 0.2) is 101 Å². The first-order valence-electron chi connectivity index (χ1n) is 16.7. The molecule has 0 fully saturated rings. The summed E-state index contributed by atoms with van der Waals surface area (Å²) in [7, 11) is 0. The Morgan fingerprint density at radius 1 is 0.667 bits per heavy atom. The zero-order valence-electron chi connectivity index (χ0n) is 28.0. The van der Waals surface area contributed by atoms with Gasteiger partial charge in [0.25, 0.3) is 0 Å². The van der Waals surface area contributed by atoms with Crippen molar-refractivity contribution in [2.45, 2.75) is 65.8 Å². The third-order valence-electron chi connectivity index (χ3n) is 8.41. The highest BCUT2D eigenvalue weighted by Gasteiger charge is 2.10. The van der Waals surface area contributed by atoms with E-state index in [1.165, 1.54) is 12.8 Å². The molecule has 10 heteroatoms. The normalized spacial score (nSPS) is 12.0. The van der Waals surface area contributed by atoms with E-state index in [0.29, 0.717) is 6.04 Å². The van der Waals surface area contributed by atoms with Crippen molar-refractivity contribution in [3.8, 4) is 0 Å². The Balaban J connectivity index is 1.13. The molecular formula is C38H43N9S. The monoisotopic (exact) mass is 657 g/mol. The van der Waals surface area contributed by atoms with E-state index < -0.39 is 0 Å². The Kier molecular flexibility index (Phi) is 10.6. The van der Waals surface area contributed by atoms with Crippen LogP contribution < -0.4 is 27.0 Å². The van der Waals surface area contributed by atoms with Crippen LogP contribution in [0.4, 0.5) is 39.3 Å². The number of rotatable bonds is 15. The van der Waals surface area contributed by atoms with E-state index in [1.54, 1.807) is 11.3 Å². The van der Waals surface area contributed by atoms with Crippen molar-refractivity contribution in [1.29, 1.82) is 0 Å². The molecule has 1 aromatic heterocycles. The molecule has 246 valence electrons. The Bertz CT molecular complexity index is 2020. The van der Waals surface area contributed by atoms with Gasteiger partial charge in [-0.25, -0.2) is 0 Å². The third-order valence-corrected chi connectivity index (χ3v) is 9.31. The summed E-state index contributed by atoms with van der Waals surface area (Å²) in [4.78, 5) is 0. The molecule has 0 aliphatic rings. The number of hydrogen-bond donors (Lipinski definition) is 5. The molecule has 5 N–H and O–H groups in total. The molecule has 0 saturated carbocycles. The minimum absolute atomic E-state index is 0.387. The van der Waals surface area contributed by atoms with Gasteiger partial charge in [0.05, 0.1) is 28.4 Å². The van der Waals surface area contributed by atoms with E-state index in [9.17, 15) is 0 Å². The average Bonchev–Trinajstić information content (AvgIpc) is 3.57. The summed E-state index contributed by atoms with van der Waals surface area (Å²) in [5.41, 5.74) is 19.9. The summed E-state index contributed by atoms with van der Waals surface area (Å²) in [5.74, 6) is 0. The first kappa shape index (κ1) is 32.7. The molecule has 0 radical (unpaired) electrons. The fraction of sp³-hybridized carbons (Fsp3) is 0.263. The van der Waals surface area contributed by atoms with Crippen molar-refractivity contribution >= 4 is 72.1 Å². The van der Waals surface area contributed by atoms with Crippen LogP contribution in [0.5, 0.6) is 0 Å². The number of hydrogen-bond acceptors (Lipinski definition) is 10. The Morgan fingerprint density at radius 2 is 1.29 bits per heavy atom. The van der Waals surface area contributed by atoms with E-state index in [4.69, 9.17) is 10.2 Å². The number of unbranched alkanes of at least 4 members (excludes halogenated alkanes) is 2. The molecule has 48 heavy (non-hydrogen) atoms. The van der Waals surface area contributed by atoms with Crippen LogP contribution in [0.1, 0.15) is 57.0 Å². The number of azo groups is 1. The predicted molar refractivity (Wildman–Crippen MR) is 204 cm³/mol. The molecule has 5 aromatic carbocycles. The molecule has 0 spiro atoms. The summed E-state index contributed by atoms with van der Waals surface area (Å²) in [6.07, 6.45) is 5.59. The summed E-state index contributed by atoms with van der Waals surface area (Å²) < 4.78 is 0. The largest absolute Gasteiger partial charge is 0.382 e. The second-order valence-electron chi connectivity index (χ2n) is 12.0. The van der Waals surface area contributed by atoms with Gasteiger partial charge in [-0.05, 0) is 74.7 Å². The van der Waals surface area contributed by atoms with Gasteiger partial charge in [0.2, 0.25) is 5.13 Å². The van der Waals surface area contributed by atoms with Crippen LogP contribution in [0.2, 0.25) is 0 Å². The van der Waals surface area contributed by atoms with Crippen molar-refractivity contribution in [3.05, 3.63) is 102 Å². The van der Waals surface area contributed by atoms with E-state index in [0.717, 1.165) is 90.6 Å². The second-order valence-corrected chi connectivity index (χ2v) is 13.1. The molecule has 0 aliphatic carbocycles. The van der Waals surface area contributed by atoms with E-state index in [-0.39, 0.29) is 0 Å². The van der Waals surface area contributed by atoms with Crippen molar-refractivity contribution < 1.29 is 0 Å². The van der Waals surface area contributed by atoms with E-state index in [2.05, 4.69) is 107 Å². The number of nitrogens with zero attached hydrogens (tertiary/aromatic N) is 4.